The number of benzene rings is 1. The van der Waals surface area contributed by atoms with Crippen LogP contribution in [-0.2, 0) is 0 Å². The van der Waals surface area contributed by atoms with Crippen LogP contribution in [0.5, 0.6) is 5.75 Å². The van der Waals surface area contributed by atoms with Crippen LogP contribution in [0.2, 0.25) is 0 Å². The molecular weight excluding hydrogens is 198 g/mol. The predicted octanol–water partition coefficient (Wildman–Crippen LogP) is 3.28. The summed E-state index contributed by atoms with van der Waals surface area (Å²) in [7, 11) is 0. The maximum Gasteiger partial charge on any atom is 0.120 e. The van der Waals surface area contributed by atoms with E-state index in [0.717, 1.165) is 25.0 Å². The van der Waals surface area contributed by atoms with E-state index in [4.69, 9.17) is 10.5 Å². The Balaban J connectivity index is 2.62. The summed E-state index contributed by atoms with van der Waals surface area (Å²) in [4.78, 5) is 0. The lowest BCUT2D eigenvalue weighted by Gasteiger charge is -2.23. The van der Waals surface area contributed by atoms with Gasteiger partial charge >= 0.3 is 0 Å². The molecule has 1 aromatic rings. The van der Waals surface area contributed by atoms with E-state index >= 15 is 0 Å². The number of hydrogen-bond donors (Lipinski definition) is 1. The van der Waals surface area contributed by atoms with Crippen molar-refractivity contribution in [2.75, 3.05) is 0 Å². The summed E-state index contributed by atoms with van der Waals surface area (Å²) >= 11 is 0. The first-order valence-electron chi connectivity index (χ1n) is 6.16. The van der Waals surface area contributed by atoms with Crippen molar-refractivity contribution < 1.29 is 4.74 Å². The van der Waals surface area contributed by atoms with E-state index in [1.165, 1.54) is 5.56 Å². The molecule has 0 aliphatic carbocycles. The van der Waals surface area contributed by atoms with Crippen molar-refractivity contribution in [2.24, 2.45) is 5.73 Å². The molecule has 2 atom stereocenters. The SMILES string of the molecule is CCCC(N)C(CC)Oc1cccc(C)c1. The zero-order chi connectivity index (χ0) is 12.0. The molecule has 2 heteroatoms. The van der Waals surface area contributed by atoms with Crippen molar-refractivity contribution in [1.82, 2.24) is 0 Å². The first kappa shape index (κ1) is 13.0. The molecule has 0 aliphatic heterocycles. The molecule has 0 aromatic heterocycles. The highest BCUT2D eigenvalue weighted by Crippen LogP contribution is 2.17. The van der Waals surface area contributed by atoms with Crippen LogP contribution in [0.4, 0.5) is 0 Å². The van der Waals surface area contributed by atoms with E-state index in [0.29, 0.717) is 0 Å². The quantitative estimate of drug-likeness (QED) is 0.800. The molecule has 0 saturated carbocycles. The fourth-order valence-electron chi connectivity index (χ4n) is 1.86. The van der Waals surface area contributed by atoms with E-state index in [1.54, 1.807) is 0 Å². The molecule has 0 fully saturated rings. The van der Waals surface area contributed by atoms with Crippen LogP contribution < -0.4 is 10.5 Å². The van der Waals surface area contributed by atoms with Gasteiger partial charge in [0.15, 0.2) is 0 Å². The van der Waals surface area contributed by atoms with Crippen molar-refractivity contribution in [3.8, 4) is 5.75 Å². The highest BCUT2D eigenvalue weighted by atomic mass is 16.5. The van der Waals surface area contributed by atoms with E-state index < -0.39 is 0 Å². The number of ether oxygens (including phenoxy) is 1. The van der Waals surface area contributed by atoms with Gasteiger partial charge in [-0.3, -0.25) is 0 Å². The standard InChI is InChI=1S/C14H23NO/c1-4-7-13(15)14(5-2)16-12-9-6-8-11(3)10-12/h6,8-10,13-14H,4-5,7,15H2,1-3H3. The Kier molecular flexibility index (Phi) is 5.33. The van der Waals surface area contributed by atoms with E-state index in [2.05, 4.69) is 32.9 Å². The second kappa shape index (κ2) is 6.54. The van der Waals surface area contributed by atoms with Crippen molar-refractivity contribution in [3.63, 3.8) is 0 Å². The molecule has 2 N–H and O–H groups in total. The highest BCUT2D eigenvalue weighted by molar-refractivity contribution is 5.27. The molecule has 16 heavy (non-hydrogen) atoms. The zero-order valence-electron chi connectivity index (χ0n) is 10.6. The zero-order valence-corrected chi connectivity index (χ0v) is 10.6. The second-order valence-corrected chi connectivity index (χ2v) is 4.33. The first-order valence-corrected chi connectivity index (χ1v) is 6.16. The molecule has 0 saturated heterocycles. The fourth-order valence-corrected chi connectivity index (χ4v) is 1.86. The molecule has 0 amide bonds. The average Bonchev–Trinajstić information content (AvgIpc) is 2.26. The molecular formula is C14H23NO. The van der Waals surface area contributed by atoms with Crippen molar-refractivity contribution >= 4 is 0 Å². The number of rotatable bonds is 6. The molecule has 2 nitrogen and oxygen atoms in total. The maximum atomic E-state index is 6.10. The summed E-state index contributed by atoms with van der Waals surface area (Å²) in [6, 6.07) is 8.27. The van der Waals surface area contributed by atoms with Gasteiger partial charge in [-0.25, -0.2) is 0 Å². The predicted molar refractivity (Wildman–Crippen MR) is 68.8 cm³/mol. The third-order valence-corrected chi connectivity index (χ3v) is 2.78. The Morgan fingerprint density at radius 3 is 2.62 bits per heavy atom. The third kappa shape index (κ3) is 3.86. The van der Waals surface area contributed by atoms with Gasteiger partial charge in [0.05, 0.1) is 0 Å². The smallest absolute Gasteiger partial charge is 0.120 e. The van der Waals surface area contributed by atoms with Gasteiger partial charge in [0.2, 0.25) is 0 Å². The van der Waals surface area contributed by atoms with Gasteiger partial charge in [0.1, 0.15) is 11.9 Å². The summed E-state index contributed by atoms with van der Waals surface area (Å²) < 4.78 is 5.93. The van der Waals surface area contributed by atoms with Gasteiger partial charge in [-0.2, -0.15) is 0 Å². The van der Waals surface area contributed by atoms with Crippen molar-refractivity contribution in [1.29, 1.82) is 0 Å². The molecule has 1 rings (SSSR count). The Morgan fingerprint density at radius 1 is 1.31 bits per heavy atom. The van der Waals surface area contributed by atoms with Gasteiger partial charge in [0, 0.05) is 6.04 Å². The summed E-state index contributed by atoms with van der Waals surface area (Å²) in [5, 5.41) is 0. The molecule has 0 bridgehead atoms. The average molecular weight is 221 g/mol. The van der Waals surface area contributed by atoms with Gasteiger partial charge < -0.3 is 10.5 Å². The maximum absolute atomic E-state index is 6.10. The topological polar surface area (TPSA) is 35.2 Å². The van der Waals surface area contributed by atoms with Crippen LogP contribution in [-0.4, -0.2) is 12.1 Å². The minimum Gasteiger partial charge on any atom is -0.489 e. The minimum absolute atomic E-state index is 0.127. The molecule has 0 radical (unpaired) electrons. The van der Waals surface area contributed by atoms with Gasteiger partial charge in [0.25, 0.3) is 0 Å². The number of hydrogen-bond acceptors (Lipinski definition) is 2. The van der Waals surface area contributed by atoms with E-state index in [9.17, 15) is 0 Å². The fraction of sp³-hybridized carbons (Fsp3) is 0.571. The van der Waals surface area contributed by atoms with E-state index in [1.807, 2.05) is 12.1 Å². The van der Waals surface area contributed by atoms with Gasteiger partial charge in [-0.05, 0) is 37.5 Å². The number of aryl methyl sites for hydroxylation is 1. The van der Waals surface area contributed by atoms with Crippen molar-refractivity contribution in [2.45, 2.75) is 52.2 Å². The molecule has 0 spiro atoms. The third-order valence-electron chi connectivity index (χ3n) is 2.78. The largest absolute Gasteiger partial charge is 0.489 e. The summed E-state index contributed by atoms with van der Waals surface area (Å²) in [6.07, 6.45) is 3.20. The lowest BCUT2D eigenvalue weighted by molar-refractivity contribution is 0.161. The van der Waals surface area contributed by atoms with Gasteiger partial charge in [-0.15, -0.1) is 0 Å². The normalized spacial score (nSPS) is 14.5. The van der Waals surface area contributed by atoms with Crippen LogP contribution >= 0.6 is 0 Å². The minimum atomic E-state index is 0.127. The summed E-state index contributed by atoms with van der Waals surface area (Å²) in [5.41, 5.74) is 7.32. The molecule has 2 unspecified atom stereocenters. The number of nitrogens with two attached hydrogens (primary N) is 1. The Bertz CT molecular complexity index is 311. The van der Waals surface area contributed by atoms with Crippen LogP contribution in [0.1, 0.15) is 38.7 Å². The molecule has 0 aliphatic rings. The van der Waals surface area contributed by atoms with Crippen LogP contribution in [0.3, 0.4) is 0 Å². The lowest BCUT2D eigenvalue weighted by atomic mass is 10.0. The Hall–Kier alpha value is -1.02. The van der Waals surface area contributed by atoms with Crippen molar-refractivity contribution in [3.05, 3.63) is 29.8 Å². The van der Waals surface area contributed by atoms with Crippen LogP contribution in [0, 0.1) is 6.92 Å². The van der Waals surface area contributed by atoms with Crippen LogP contribution in [0.15, 0.2) is 24.3 Å². The molecule has 1 aromatic carbocycles. The van der Waals surface area contributed by atoms with Gasteiger partial charge in [-0.1, -0.05) is 32.4 Å². The second-order valence-electron chi connectivity index (χ2n) is 4.33. The Labute approximate surface area is 98.8 Å². The first-order chi connectivity index (χ1) is 7.67. The Morgan fingerprint density at radius 2 is 2.06 bits per heavy atom. The summed E-state index contributed by atoms with van der Waals surface area (Å²) in [6.45, 7) is 6.34. The monoisotopic (exact) mass is 221 g/mol. The molecule has 0 heterocycles. The highest BCUT2D eigenvalue weighted by Gasteiger charge is 2.16. The van der Waals surface area contributed by atoms with Crippen LogP contribution in [0.25, 0.3) is 0 Å². The summed E-state index contributed by atoms with van der Waals surface area (Å²) in [5.74, 6) is 0.929. The molecule has 90 valence electrons. The van der Waals surface area contributed by atoms with E-state index in [-0.39, 0.29) is 12.1 Å². The lowest BCUT2D eigenvalue weighted by Crippen LogP contribution is -2.38.